The number of rotatable bonds is 7. The molecule has 0 spiro atoms. The highest BCUT2D eigenvalue weighted by molar-refractivity contribution is 7.90. The topological polar surface area (TPSA) is 98.6 Å². The molecule has 2 aromatic rings. The van der Waals surface area contributed by atoms with E-state index in [9.17, 15) is 18.0 Å². The minimum atomic E-state index is -3.52. The van der Waals surface area contributed by atoms with Crippen LogP contribution in [0.2, 0.25) is 5.02 Å². The number of sulfone groups is 1. The molecular formula is C20H26ClN3O5S. The van der Waals surface area contributed by atoms with Crippen molar-refractivity contribution in [1.29, 1.82) is 0 Å². The fourth-order valence-corrected chi connectivity index (χ4v) is 4.91. The molecule has 0 aliphatic rings. The van der Waals surface area contributed by atoms with Gasteiger partial charge < -0.3 is 9.64 Å². The lowest BCUT2D eigenvalue weighted by molar-refractivity contribution is 0.103. The summed E-state index contributed by atoms with van der Waals surface area (Å²) in [5, 5.41) is 4.18. The third-order valence-corrected chi connectivity index (χ3v) is 6.64. The van der Waals surface area contributed by atoms with Crippen LogP contribution in [-0.2, 0) is 16.4 Å². The van der Waals surface area contributed by atoms with Gasteiger partial charge in [-0.15, -0.1) is 0 Å². The minimum absolute atomic E-state index is 0.0259. The smallest absolute Gasteiger partial charge is 0.391 e. The van der Waals surface area contributed by atoms with Crippen LogP contribution in [-0.4, -0.2) is 54.3 Å². The number of aryl methyl sites for hydroxylation is 2. The molecule has 1 amide bonds. The number of carbonyl (C=O) groups is 2. The van der Waals surface area contributed by atoms with Crippen LogP contribution in [0.15, 0.2) is 17.2 Å². The predicted molar refractivity (Wildman–Crippen MR) is 114 cm³/mol. The van der Waals surface area contributed by atoms with Crippen molar-refractivity contribution in [2.24, 2.45) is 0 Å². The molecule has 0 bridgehead atoms. The Morgan fingerprint density at radius 2 is 1.77 bits per heavy atom. The number of aromatic nitrogens is 2. The van der Waals surface area contributed by atoms with Gasteiger partial charge in [-0.3, -0.25) is 4.79 Å². The van der Waals surface area contributed by atoms with E-state index in [0.717, 1.165) is 6.26 Å². The summed E-state index contributed by atoms with van der Waals surface area (Å²) in [6.45, 7) is 9.90. The highest BCUT2D eigenvalue weighted by Crippen LogP contribution is 2.33. The molecule has 0 unspecified atom stereocenters. The maximum atomic E-state index is 13.3. The molecule has 0 N–H and O–H groups in total. The fourth-order valence-electron chi connectivity index (χ4n) is 3.32. The van der Waals surface area contributed by atoms with Crippen LogP contribution in [0, 0.1) is 13.8 Å². The van der Waals surface area contributed by atoms with E-state index < -0.39 is 21.7 Å². The fraction of sp³-hybridized carbons (Fsp3) is 0.450. The summed E-state index contributed by atoms with van der Waals surface area (Å²) in [6.07, 6.45) is 1.83. The number of ether oxygens (including phenoxy) is 1. The molecule has 0 saturated heterocycles. The highest BCUT2D eigenvalue weighted by Gasteiger charge is 2.28. The van der Waals surface area contributed by atoms with Gasteiger partial charge in [-0.25, -0.2) is 17.9 Å². The maximum absolute atomic E-state index is 13.3. The second-order valence-corrected chi connectivity index (χ2v) is 9.16. The Morgan fingerprint density at radius 1 is 1.17 bits per heavy atom. The Morgan fingerprint density at radius 3 is 2.27 bits per heavy atom. The third kappa shape index (κ3) is 4.52. The monoisotopic (exact) mass is 455 g/mol. The van der Waals surface area contributed by atoms with Gasteiger partial charge in [-0.1, -0.05) is 11.6 Å². The van der Waals surface area contributed by atoms with Gasteiger partial charge in [-0.05, 0) is 51.8 Å². The van der Waals surface area contributed by atoms with Gasteiger partial charge in [0.25, 0.3) is 0 Å². The van der Waals surface area contributed by atoms with E-state index in [1.54, 1.807) is 20.8 Å². The quantitative estimate of drug-likeness (QED) is 0.591. The van der Waals surface area contributed by atoms with E-state index >= 15 is 0 Å². The molecule has 8 nitrogen and oxygen atoms in total. The number of hydrogen-bond donors (Lipinski definition) is 0. The lowest BCUT2D eigenvalue weighted by Crippen LogP contribution is -2.34. The van der Waals surface area contributed by atoms with Crippen LogP contribution < -0.4 is 4.74 Å². The molecule has 164 valence electrons. The summed E-state index contributed by atoms with van der Waals surface area (Å²) in [4.78, 5) is 27.3. The van der Waals surface area contributed by atoms with Gasteiger partial charge in [0, 0.05) is 31.5 Å². The molecular weight excluding hydrogens is 430 g/mol. The summed E-state index contributed by atoms with van der Waals surface area (Å²) in [7, 11) is -3.52. The Kier molecular flexibility index (Phi) is 7.31. The minimum Gasteiger partial charge on any atom is -0.391 e. The molecule has 10 heteroatoms. The number of amides is 1. The van der Waals surface area contributed by atoms with Gasteiger partial charge in [0.15, 0.2) is 9.84 Å². The van der Waals surface area contributed by atoms with Crippen LogP contribution >= 0.6 is 11.6 Å². The Balaban J connectivity index is 2.58. The van der Waals surface area contributed by atoms with Gasteiger partial charge >= 0.3 is 6.09 Å². The first-order valence-corrected chi connectivity index (χ1v) is 11.8. The van der Waals surface area contributed by atoms with Gasteiger partial charge in [0.2, 0.25) is 11.7 Å². The summed E-state index contributed by atoms with van der Waals surface area (Å²) in [6, 6.07) is 1.44. The van der Waals surface area contributed by atoms with Crippen molar-refractivity contribution in [3.8, 4) is 5.88 Å². The zero-order valence-corrected chi connectivity index (χ0v) is 19.5. The van der Waals surface area contributed by atoms with E-state index in [2.05, 4.69) is 5.10 Å². The summed E-state index contributed by atoms with van der Waals surface area (Å²) in [5.41, 5.74) is 0.902. The summed E-state index contributed by atoms with van der Waals surface area (Å²) >= 11 is 6.39. The largest absolute Gasteiger partial charge is 0.416 e. The molecule has 0 aliphatic heterocycles. The molecule has 0 atom stereocenters. The van der Waals surface area contributed by atoms with E-state index in [1.165, 1.54) is 21.8 Å². The van der Waals surface area contributed by atoms with Crippen molar-refractivity contribution in [2.75, 3.05) is 19.3 Å². The Bertz CT molecular complexity index is 1090. The molecule has 0 saturated carbocycles. The molecule has 1 aromatic carbocycles. The van der Waals surface area contributed by atoms with Crippen molar-refractivity contribution in [3.63, 3.8) is 0 Å². The maximum Gasteiger partial charge on any atom is 0.416 e. The molecule has 0 aliphatic carbocycles. The van der Waals surface area contributed by atoms with E-state index in [-0.39, 0.29) is 26.9 Å². The van der Waals surface area contributed by atoms with Crippen molar-refractivity contribution < 1.29 is 22.7 Å². The second kappa shape index (κ2) is 9.18. The van der Waals surface area contributed by atoms with Crippen LogP contribution in [0.4, 0.5) is 4.79 Å². The van der Waals surface area contributed by atoms with Crippen molar-refractivity contribution in [3.05, 3.63) is 39.5 Å². The normalized spacial score (nSPS) is 11.4. The SMILES string of the molecule is CCN(CC)C(=O)Oc1c(C(=O)c2cc(C)c(S(C)(=O)=O)c(C)c2Cl)cnn1CC. The molecule has 1 heterocycles. The zero-order valence-electron chi connectivity index (χ0n) is 17.9. The van der Waals surface area contributed by atoms with E-state index in [0.29, 0.717) is 30.8 Å². The van der Waals surface area contributed by atoms with E-state index in [1.807, 2.05) is 13.8 Å². The van der Waals surface area contributed by atoms with Gasteiger partial charge in [0.05, 0.1) is 16.1 Å². The first-order chi connectivity index (χ1) is 14.0. The molecule has 0 radical (unpaired) electrons. The summed E-state index contributed by atoms with van der Waals surface area (Å²) in [5.74, 6) is -0.480. The number of benzene rings is 1. The molecule has 2 rings (SSSR count). The predicted octanol–water partition coefficient (Wildman–Crippen LogP) is 3.65. The van der Waals surface area contributed by atoms with Gasteiger partial charge in [-0.2, -0.15) is 5.10 Å². The first kappa shape index (κ1) is 23.9. The lowest BCUT2D eigenvalue weighted by Gasteiger charge is -2.19. The van der Waals surface area contributed by atoms with Crippen LogP contribution in [0.5, 0.6) is 5.88 Å². The number of carbonyl (C=O) groups excluding carboxylic acids is 2. The van der Waals surface area contributed by atoms with Crippen molar-refractivity contribution >= 4 is 33.3 Å². The van der Waals surface area contributed by atoms with Gasteiger partial charge in [0.1, 0.15) is 5.56 Å². The standard InChI is InChI=1S/C20H26ClN3O5S/c1-7-23(8-2)20(26)29-19-15(11-22-24(19)9-3)17(25)14-10-12(4)18(30(6,27)28)13(5)16(14)21/h10-11H,7-9H2,1-6H3. The number of hydrogen-bond acceptors (Lipinski definition) is 6. The lowest BCUT2D eigenvalue weighted by atomic mass is 10.0. The van der Waals surface area contributed by atoms with Crippen LogP contribution in [0.25, 0.3) is 0 Å². The molecule has 30 heavy (non-hydrogen) atoms. The second-order valence-electron chi connectivity index (χ2n) is 6.83. The number of ketones is 1. The zero-order chi connectivity index (χ0) is 22.8. The van der Waals surface area contributed by atoms with Crippen molar-refractivity contribution in [1.82, 2.24) is 14.7 Å². The average Bonchev–Trinajstić information content (AvgIpc) is 3.06. The van der Waals surface area contributed by atoms with Crippen LogP contribution in [0.3, 0.4) is 0 Å². The van der Waals surface area contributed by atoms with Crippen molar-refractivity contribution in [2.45, 2.75) is 46.1 Å². The third-order valence-electron chi connectivity index (χ3n) is 4.78. The van der Waals surface area contributed by atoms with Crippen LogP contribution in [0.1, 0.15) is 47.8 Å². The Labute approximate surface area is 181 Å². The first-order valence-electron chi connectivity index (χ1n) is 9.54. The Hall–Kier alpha value is -2.39. The van der Waals surface area contributed by atoms with E-state index in [4.69, 9.17) is 16.3 Å². The summed E-state index contributed by atoms with van der Waals surface area (Å²) < 4.78 is 31.1. The molecule has 0 fully saturated rings. The highest BCUT2D eigenvalue weighted by atomic mass is 35.5. The number of nitrogens with zero attached hydrogens (tertiary/aromatic N) is 3. The average molecular weight is 456 g/mol. The number of halogens is 1. The molecule has 1 aromatic heterocycles.